The van der Waals surface area contributed by atoms with Crippen LogP contribution in [0.3, 0.4) is 0 Å². The predicted octanol–water partition coefficient (Wildman–Crippen LogP) is 0.524. The zero-order valence-electron chi connectivity index (χ0n) is 11.5. The Bertz CT molecular complexity index is 449. The second-order valence-electron chi connectivity index (χ2n) is 4.96. The van der Waals surface area contributed by atoms with Crippen molar-refractivity contribution in [1.29, 1.82) is 0 Å². The molecule has 1 heterocycles. The molecule has 0 aliphatic carbocycles. The Balaban J connectivity index is 2.25. The maximum Gasteiger partial charge on any atom is 0.308 e. The molecule has 0 radical (unpaired) electrons. The molecule has 0 bridgehead atoms. The lowest BCUT2D eigenvalue weighted by Crippen LogP contribution is -2.34. The molecule has 0 saturated carbocycles. The monoisotopic (exact) mass is 323 g/mol. The molecule has 2 N–H and O–H groups in total. The molecule has 1 rings (SSSR count). The zero-order chi connectivity index (χ0) is 15.2. The van der Waals surface area contributed by atoms with Gasteiger partial charge in [0, 0.05) is 11.8 Å². The number of rotatable bonds is 8. The molecule has 1 aliphatic heterocycles. The number of aliphatic carboxylic acids is 1. The average molecular weight is 323 g/mol. The maximum absolute atomic E-state index is 11.6. The van der Waals surface area contributed by atoms with Crippen LogP contribution in [0.1, 0.15) is 26.2 Å². The minimum atomic E-state index is -2.92. The molecule has 8 heteroatoms. The highest BCUT2D eigenvalue weighted by Crippen LogP contribution is 2.23. The van der Waals surface area contributed by atoms with Crippen molar-refractivity contribution in [1.82, 2.24) is 5.32 Å². The van der Waals surface area contributed by atoms with Crippen LogP contribution in [0, 0.1) is 5.92 Å². The lowest BCUT2D eigenvalue weighted by Gasteiger charge is -2.13. The summed E-state index contributed by atoms with van der Waals surface area (Å²) in [5.41, 5.74) is 0. The third kappa shape index (κ3) is 6.13. The van der Waals surface area contributed by atoms with Crippen molar-refractivity contribution in [3.8, 4) is 0 Å². The van der Waals surface area contributed by atoms with E-state index in [1.807, 2.05) is 6.92 Å². The molecule has 2 atom stereocenters. The predicted molar refractivity (Wildman–Crippen MR) is 78.6 cm³/mol. The number of sulfone groups is 1. The Labute approximate surface area is 123 Å². The van der Waals surface area contributed by atoms with Crippen LogP contribution in [0.2, 0.25) is 0 Å². The van der Waals surface area contributed by atoms with Gasteiger partial charge in [0.15, 0.2) is 9.84 Å². The SMILES string of the molecule is CCCC(CNC(=O)CSC1CCS(=O)(=O)C1)C(=O)O. The molecule has 1 fully saturated rings. The minimum Gasteiger partial charge on any atom is -0.481 e. The Morgan fingerprint density at radius 2 is 2.15 bits per heavy atom. The van der Waals surface area contributed by atoms with Gasteiger partial charge in [0.25, 0.3) is 0 Å². The quantitative estimate of drug-likeness (QED) is 0.675. The summed E-state index contributed by atoms with van der Waals surface area (Å²) in [7, 11) is -2.92. The second kappa shape index (κ2) is 7.87. The normalized spacial score (nSPS) is 22.4. The van der Waals surface area contributed by atoms with Gasteiger partial charge in [-0.3, -0.25) is 9.59 Å². The fourth-order valence-electron chi connectivity index (χ4n) is 2.04. The first kappa shape index (κ1) is 17.3. The van der Waals surface area contributed by atoms with Crippen molar-refractivity contribution in [3.05, 3.63) is 0 Å². The first-order chi connectivity index (χ1) is 9.34. The second-order valence-corrected chi connectivity index (χ2v) is 8.48. The molecular formula is C12H21NO5S2. The van der Waals surface area contributed by atoms with Crippen LogP contribution in [0.25, 0.3) is 0 Å². The van der Waals surface area contributed by atoms with E-state index in [2.05, 4.69) is 5.32 Å². The highest BCUT2D eigenvalue weighted by Gasteiger charge is 2.28. The van der Waals surface area contributed by atoms with E-state index in [4.69, 9.17) is 5.11 Å². The molecular weight excluding hydrogens is 302 g/mol. The summed E-state index contributed by atoms with van der Waals surface area (Å²) >= 11 is 1.33. The maximum atomic E-state index is 11.6. The molecule has 116 valence electrons. The molecule has 0 spiro atoms. The number of nitrogens with one attached hydrogen (secondary N) is 1. The Morgan fingerprint density at radius 1 is 1.45 bits per heavy atom. The van der Waals surface area contributed by atoms with Crippen LogP contribution in [0.5, 0.6) is 0 Å². The van der Waals surface area contributed by atoms with Gasteiger partial charge in [0.2, 0.25) is 5.91 Å². The first-order valence-electron chi connectivity index (χ1n) is 6.65. The van der Waals surface area contributed by atoms with Gasteiger partial charge in [-0.2, -0.15) is 0 Å². The highest BCUT2D eigenvalue weighted by atomic mass is 32.2. The van der Waals surface area contributed by atoms with Crippen molar-refractivity contribution >= 4 is 33.5 Å². The van der Waals surface area contributed by atoms with Gasteiger partial charge in [-0.25, -0.2) is 8.42 Å². The summed E-state index contributed by atoms with van der Waals surface area (Å²) in [6, 6.07) is 0. The summed E-state index contributed by atoms with van der Waals surface area (Å²) in [4.78, 5) is 22.5. The van der Waals surface area contributed by atoms with Crippen LogP contribution in [-0.4, -0.2) is 54.5 Å². The fraction of sp³-hybridized carbons (Fsp3) is 0.833. The van der Waals surface area contributed by atoms with E-state index in [0.29, 0.717) is 12.8 Å². The molecule has 1 saturated heterocycles. The standard InChI is InChI=1S/C12H21NO5S2/c1-2-3-9(12(15)16)6-13-11(14)7-19-10-4-5-20(17,18)8-10/h9-10H,2-8H2,1H3,(H,13,14)(H,15,16). The van der Waals surface area contributed by atoms with Gasteiger partial charge in [-0.1, -0.05) is 13.3 Å². The van der Waals surface area contributed by atoms with Gasteiger partial charge in [0.05, 0.1) is 23.2 Å². The molecule has 0 aromatic carbocycles. The summed E-state index contributed by atoms with van der Waals surface area (Å²) < 4.78 is 22.5. The third-order valence-corrected chi connectivity index (χ3v) is 6.45. The number of carboxylic acid groups (broad SMARTS) is 1. The molecule has 6 nitrogen and oxygen atoms in total. The average Bonchev–Trinajstić information content (AvgIpc) is 2.71. The van der Waals surface area contributed by atoms with Gasteiger partial charge < -0.3 is 10.4 Å². The van der Waals surface area contributed by atoms with Crippen LogP contribution in [0.4, 0.5) is 0 Å². The smallest absolute Gasteiger partial charge is 0.308 e. The lowest BCUT2D eigenvalue weighted by atomic mass is 10.0. The van der Waals surface area contributed by atoms with E-state index in [9.17, 15) is 18.0 Å². The van der Waals surface area contributed by atoms with E-state index in [-0.39, 0.29) is 35.0 Å². The molecule has 2 unspecified atom stereocenters. The minimum absolute atomic E-state index is 0.0170. The van der Waals surface area contributed by atoms with Crippen molar-refractivity contribution in [2.24, 2.45) is 5.92 Å². The summed E-state index contributed by atoms with van der Waals surface area (Å²) in [6.07, 6.45) is 1.87. The summed E-state index contributed by atoms with van der Waals surface area (Å²) in [5.74, 6) is -1.18. The number of carbonyl (C=O) groups is 2. The summed E-state index contributed by atoms with van der Waals surface area (Å²) in [6.45, 7) is 2.03. The van der Waals surface area contributed by atoms with Crippen molar-refractivity contribution in [3.63, 3.8) is 0 Å². The van der Waals surface area contributed by atoms with Crippen molar-refractivity contribution < 1.29 is 23.1 Å². The van der Waals surface area contributed by atoms with Crippen molar-refractivity contribution in [2.75, 3.05) is 23.8 Å². The van der Waals surface area contributed by atoms with E-state index < -0.39 is 21.7 Å². The van der Waals surface area contributed by atoms with E-state index in [1.165, 1.54) is 11.8 Å². The Morgan fingerprint density at radius 3 is 2.65 bits per heavy atom. The largest absolute Gasteiger partial charge is 0.481 e. The van der Waals surface area contributed by atoms with Gasteiger partial charge >= 0.3 is 5.97 Å². The lowest BCUT2D eigenvalue weighted by molar-refractivity contribution is -0.141. The molecule has 20 heavy (non-hydrogen) atoms. The number of hydrogen-bond acceptors (Lipinski definition) is 5. The third-order valence-electron chi connectivity index (χ3n) is 3.17. The summed E-state index contributed by atoms with van der Waals surface area (Å²) in [5, 5.41) is 11.5. The molecule has 1 amide bonds. The zero-order valence-corrected chi connectivity index (χ0v) is 13.1. The highest BCUT2D eigenvalue weighted by molar-refractivity contribution is 8.02. The number of carbonyl (C=O) groups excluding carboxylic acids is 1. The van der Waals surface area contributed by atoms with Crippen molar-refractivity contribution in [2.45, 2.75) is 31.4 Å². The van der Waals surface area contributed by atoms with E-state index in [0.717, 1.165) is 6.42 Å². The van der Waals surface area contributed by atoms with Gasteiger partial charge in [-0.15, -0.1) is 11.8 Å². The number of thioether (sulfide) groups is 1. The topological polar surface area (TPSA) is 101 Å². The molecule has 0 aromatic heterocycles. The molecule has 1 aliphatic rings. The van der Waals surface area contributed by atoms with Crippen LogP contribution in [-0.2, 0) is 19.4 Å². The van der Waals surface area contributed by atoms with Gasteiger partial charge in [0.1, 0.15) is 0 Å². The fourth-order valence-corrected chi connectivity index (χ4v) is 5.51. The Hall–Kier alpha value is -0.760. The first-order valence-corrected chi connectivity index (χ1v) is 9.52. The molecule has 0 aromatic rings. The van der Waals surface area contributed by atoms with Gasteiger partial charge in [-0.05, 0) is 12.8 Å². The van der Waals surface area contributed by atoms with E-state index in [1.54, 1.807) is 0 Å². The van der Waals surface area contributed by atoms with Crippen LogP contribution >= 0.6 is 11.8 Å². The van der Waals surface area contributed by atoms with Crippen LogP contribution in [0.15, 0.2) is 0 Å². The number of amides is 1. The number of carboxylic acids is 1. The Kier molecular flexibility index (Phi) is 6.81. The number of hydrogen-bond donors (Lipinski definition) is 2. The van der Waals surface area contributed by atoms with E-state index >= 15 is 0 Å². The van der Waals surface area contributed by atoms with Crippen LogP contribution < -0.4 is 5.32 Å².